The summed E-state index contributed by atoms with van der Waals surface area (Å²) in [6.07, 6.45) is 0. The highest BCUT2D eigenvalue weighted by molar-refractivity contribution is 7.07. The summed E-state index contributed by atoms with van der Waals surface area (Å²) in [5.74, 6) is -0.257. The second kappa shape index (κ2) is 5.46. The molecule has 0 radical (unpaired) electrons. The van der Waals surface area contributed by atoms with Gasteiger partial charge < -0.3 is 10.6 Å². The van der Waals surface area contributed by atoms with E-state index in [-0.39, 0.29) is 11.9 Å². The SMILES string of the molecule is C[C@@H](N)c1c(F)cccc1N(C)Cc1cscn1. The molecule has 2 N–H and O–H groups in total. The van der Waals surface area contributed by atoms with Crippen molar-refractivity contribution in [2.24, 2.45) is 5.73 Å². The summed E-state index contributed by atoms with van der Waals surface area (Å²) in [4.78, 5) is 6.20. The van der Waals surface area contributed by atoms with Gasteiger partial charge in [-0.15, -0.1) is 11.3 Å². The van der Waals surface area contributed by atoms with Gasteiger partial charge in [-0.3, -0.25) is 0 Å². The minimum Gasteiger partial charge on any atom is -0.368 e. The van der Waals surface area contributed by atoms with Crippen LogP contribution in [0, 0.1) is 5.82 Å². The van der Waals surface area contributed by atoms with E-state index in [2.05, 4.69) is 4.98 Å². The van der Waals surface area contributed by atoms with Crippen LogP contribution in [-0.2, 0) is 6.54 Å². The normalized spacial score (nSPS) is 12.4. The molecule has 1 aromatic carbocycles. The van der Waals surface area contributed by atoms with E-state index in [0.29, 0.717) is 12.1 Å². The van der Waals surface area contributed by atoms with Crippen molar-refractivity contribution in [1.82, 2.24) is 4.98 Å². The molecule has 3 nitrogen and oxygen atoms in total. The first-order chi connectivity index (χ1) is 8.59. The van der Waals surface area contributed by atoms with Crippen LogP contribution in [0.25, 0.3) is 0 Å². The Labute approximate surface area is 110 Å². The smallest absolute Gasteiger partial charge is 0.130 e. The minimum absolute atomic E-state index is 0.257. The van der Waals surface area contributed by atoms with Crippen LogP contribution < -0.4 is 10.6 Å². The number of anilines is 1. The lowest BCUT2D eigenvalue weighted by Crippen LogP contribution is -2.21. The lowest BCUT2D eigenvalue weighted by molar-refractivity contribution is 0.592. The molecule has 0 amide bonds. The monoisotopic (exact) mass is 265 g/mol. The number of hydrogen-bond donors (Lipinski definition) is 1. The molecule has 0 fully saturated rings. The summed E-state index contributed by atoms with van der Waals surface area (Å²) < 4.78 is 13.8. The van der Waals surface area contributed by atoms with Crippen molar-refractivity contribution < 1.29 is 4.39 Å². The molecule has 0 spiro atoms. The maximum atomic E-state index is 13.8. The molecule has 0 bridgehead atoms. The lowest BCUT2D eigenvalue weighted by atomic mass is 10.1. The summed E-state index contributed by atoms with van der Waals surface area (Å²) in [5, 5.41) is 1.99. The number of nitrogens with zero attached hydrogens (tertiary/aromatic N) is 2. The Hall–Kier alpha value is -1.46. The Morgan fingerprint density at radius 1 is 1.50 bits per heavy atom. The van der Waals surface area contributed by atoms with Crippen molar-refractivity contribution in [1.29, 1.82) is 0 Å². The fourth-order valence-electron chi connectivity index (χ4n) is 1.95. The van der Waals surface area contributed by atoms with Crippen LogP contribution in [0.2, 0.25) is 0 Å². The van der Waals surface area contributed by atoms with Gasteiger partial charge in [-0.25, -0.2) is 9.37 Å². The van der Waals surface area contributed by atoms with Gasteiger partial charge in [0.1, 0.15) is 5.82 Å². The third-order valence-corrected chi connectivity index (χ3v) is 3.41. The lowest BCUT2D eigenvalue weighted by Gasteiger charge is -2.23. The number of rotatable bonds is 4. The predicted molar refractivity (Wildman–Crippen MR) is 73.2 cm³/mol. The molecule has 0 saturated carbocycles. The molecule has 1 aromatic heterocycles. The Morgan fingerprint density at radius 3 is 2.89 bits per heavy atom. The molecule has 0 saturated heterocycles. The van der Waals surface area contributed by atoms with Crippen molar-refractivity contribution in [3.05, 3.63) is 46.2 Å². The summed E-state index contributed by atoms with van der Waals surface area (Å²) in [6.45, 7) is 2.44. The fourth-order valence-corrected chi connectivity index (χ4v) is 2.50. The van der Waals surface area contributed by atoms with E-state index in [0.717, 1.165) is 11.4 Å². The number of nitrogens with two attached hydrogens (primary N) is 1. The van der Waals surface area contributed by atoms with Gasteiger partial charge >= 0.3 is 0 Å². The van der Waals surface area contributed by atoms with Crippen LogP contribution in [0.1, 0.15) is 24.2 Å². The highest BCUT2D eigenvalue weighted by Crippen LogP contribution is 2.28. The Kier molecular flexibility index (Phi) is 3.93. The van der Waals surface area contributed by atoms with Crippen LogP contribution >= 0.6 is 11.3 Å². The van der Waals surface area contributed by atoms with Gasteiger partial charge in [0, 0.05) is 29.7 Å². The second-order valence-electron chi connectivity index (χ2n) is 4.30. The molecule has 1 heterocycles. The Balaban J connectivity index is 2.29. The summed E-state index contributed by atoms with van der Waals surface area (Å²) in [5.41, 5.74) is 9.98. The highest BCUT2D eigenvalue weighted by atomic mass is 32.1. The van der Waals surface area contributed by atoms with Gasteiger partial charge in [-0.2, -0.15) is 0 Å². The van der Waals surface area contributed by atoms with E-state index in [9.17, 15) is 4.39 Å². The first-order valence-electron chi connectivity index (χ1n) is 5.71. The third-order valence-electron chi connectivity index (χ3n) is 2.78. The largest absolute Gasteiger partial charge is 0.368 e. The van der Waals surface area contributed by atoms with Gasteiger partial charge in [-0.1, -0.05) is 6.07 Å². The average molecular weight is 265 g/mol. The molecular weight excluding hydrogens is 249 g/mol. The molecule has 0 aliphatic carbocycles. The Bertz CT molecular complexity index is 511. The number of halogens is 1. The van der Waals surface area contributed by atoms with E-state index in [1.165, 1.54) is 6.07 Å². The highest BCUT2D eigenvalue weighted by Gasteiger charge is 2.15. The molecule has 0 aliphatic heterocycles. The first kappa shape index (κ1) is 13.0. The molecule has 5 heteroatoms. The number of benzene rings is 1. The predicted octanol–water partition coefficient (Wildman–Crippen LogP) is 2.94. The van der Waals surface area contributed by atoms with Gasteiger partial charge in [-0.05, 0) is 19.1 Å². The number of thiazole rings is 1. The standard InChI is InChI=1S/C13H16FN3S/c1-9(15)13-11(14)4-3-5-12(13)17(2)6-10-7-18-8-16-10/h3-5,7-9H,6,15H2,1-2H3/t9-/m1/s1. The first-order valence-corrected chi connectivity index (χ1v) is 6.66. The molecular formula is C13H16FN3S. The topological polar surface area (TPSA) is 42.1 Å². The quantitative estimate of drug-likeness (QED) is 0.924. The van der Waals surface area contributed by atoms with Gasteiger partial charge in [0.15, 0.2) is 0 Å². The van der Waals surface area contributed by atoms with E-state index >= 15 is 0 Å². The van der Waals surface area contributed by atoms with Crippen LogP contribution in [-0.4, -0.2) is 12.0 Å². The van der Waals surface area contributed by atoms with Gasteiger partial charge in [0.05, 0.1) is 17.7 Å². The molecule has 1 atom stereocenters. The third kappa shape index (κ3) is 2.68. The number of aromatic nitrogens is 1. The van der Waals surface area contributed by atoms with Crippen LogP contribution in [0.4, 0.5) is 10.1 Å². The summed E-state index contributed by atoms with van der Waals surface area (Å²) >= 11 is 1.55. The summed E-state index contributed by atoms with van der Waals surface area (Å²) in [6, 6.07) is 4.69. The molecule has 0 unspecified atom stereocenters. The van der Waals surface area contributed by atoms with Crippen molar-refractivity contribution in [2.45, 2.75) is 19.5 Å². The summed E-state index contributed by atoms with van der Waals surface area (Å²) in [7, 11) is 1.92. The maximum absolute atomic E-state index is 13.8. The zero-order valence-corrected chi connectivity index (χ0v) is 11.2. The minimum atomic E-state index is -0.334. The van der Waals surface area contributed by atoms with E-state index < -0.39 is 0 Å². The maximum Gasteiger partial charge on any atom is 0.130 e. The van der Waals surface area contributed by atoms with Crippen LogP contribution in [0.15, 0.2) is 29.1 Å². The zero-order chi connectivity index (χ0) is 13.1. The van der Waals surface area contributed by atoms with Crippen molar-refractivity contribution in [2.75, 3.05) is 11.9 Å². The molecule has 0 aliphatic rings. The molecule has 2 rings (SSSR count). The number of hydrogen-bond acceptors (Lipinski definition) is 4. The average Bonchev–Trinajstić information content (AvgIpc) is 2.80. The molecule has 18 heavy (non-hydrogen) atoms. The van der Waals surface area contributed by atoms with Gasteiger partial charge in [0.25, 0.3) is 0 Å². The molecule has 96 valence electrons. The van der Waals surface area contributed by atoms with E-state index in [4.69, 9.17) is 5.73 Å². The van der Waals surface area contributed by atoms with Crippen molar-refractivity contribution >= 4 is 17.0 Å². The van der Waals surface area contributed by atoms with Crippen LogP contribution in [0.3, 0.4) is 0 Å². The van der Waals surface area contributed by atoms with Crippen LogP contribution in [0.5, 0.6) is 0 Å². The zero-order valence-electron chi connectivity index (χ0n) is 10.4. The molecule has 2 aromatic rings. The van der Waals surface area contributed by atoms with Gasteiger partial charge in [0.2, 0.25) is 0 Å². The van der Waals surface area contributed by atoms with Crippen molar-refractivity contribution in [3.8, 4) is 0 Å². The van der Waals surface area contributed by atoms with E-state index in [1.54, 1.807) is 29.8 Å². The van der Waals surface area contributed by atoms with Crippen molar-refractivity contribution in [3.63, 3.8) is 0 Å². The Morgan fingerprint density at radius 2 is 2.28 bits per heavy atom. The fraction of sp³-hybridized carbons (Fsp3) is 0.308. The second-order valence-corrected chi connectivity index (χ2v) is 5.02. The van der Waals surface area contributed by atoms with E-state index in [1.807, 2.05) is 23.4 Å².